The molecule has 1 aromatic carbocycles. The summed E-state index contributed by atoms with van der Waals surface area (Å²) in [6, 6.07) is 9.51. The van der Waals surface area contributed by atoms with Crippen LogP contribution in [-0.4, -0.2) is 43.0 Å². The van der Waals surface area contributed by atoms with Gasteiger partial charge in [0.1, 0.15) is 6.26 Å². The second kappa shape index (κ2) is 6.15. The van der Waals surface area contributed by atoms with Crippen LogP contribution in [-0.2, 0) is 0 Å². The molecule has 0 saturated heterocycles. The third-order valence-corrected chi connectivity index (χ3v) is 2.79. The third-order valence-electron chi connectivity index (χ3n) is 2.79. The van der Waals surface area contributed by atoms with Gasteiger partial charge in [0.15, 0.2) is 5.69 Å². The van der Waals surface area contributed by atoms with Gasteiger partial charge < -0.3 is 14.6 Å². The van der Waals surface area contributed by atoms with E-state index >= 15 is 0 Å². The lowest BCUT2D eigenvalue weighted by Gasteiger charge is -2.14. The lowest BCUT2D eigenvalue weighted by molar-refractivity contribution is 0.0791. The Hall–Kier alpha value is -2.14. The van der Waals surface area contributed by atoms with Crippen molar-refractivity contribution in [2.75, 3.05) is 27.2 Å². The van der Waals surface area contributed by atoms with Crippen LogP contribution < -0.4 is 5.32 Å². The summed E-state index contributed by atoms with van der Waals surface area (Å²) in [4.78, 5) is 17.9. The highest BCUT2D eigenvalue weighted by atomic mass is 16.3. The van der Waals surface area contributed by atoms with Gasteiger partial charge >= 0.3 is 0 Å². The highest BCUT2D eigenvalue weighted by molar-refractivity contribution is 5.92. The van der Waals surface area contributed by atoms with E-state index in [1.54, 1.807) is 11.9 Å². The fourth-order valence-corrected chi connectivity index (χ4v) is 1.66. The van der Waals surface area contributed by atoms with Gasteiger partial charge in [-0.15, -0.1) is 0 Å². The van der Waals surface area contributed by atoms with Crippen LogP contribution in [0.1, 0.15) is 10.5 Å². The summed E-state index contributed by atoms with van der Waals surface area (Å²) in [5.74, 6) is 0.326. The van der Waals surface area contributed by atoms with E-state index in [1.165, 1.54) is 6.26 Å². The average molecular weight is 259 g/mol. The normalized spacial score (nSPS) is 10.4. The zero-order valence-electron chi connectivity index (χ0n) is 11.1. The van der Waals surface area contributed by atoms with Crippen molar-refractivity contribution < 1.29 is 9.21 Å². The Bertz CT molecular complexity index is 537. The molecule has 2 rings (SSSR count). The predicted molar refractivity (Wildman–Crippen MR) is 72.8 cm³/mol. The molecular formula is C14H17N3O2. The number of nitrogens with zero attached hydrogens (tertiary/aromatic N) is 2. The first-order valence-electron chi connectivity index (χ1n) is 6.13. The zero-order chi connectivity index (χ0) is 13.7. The topological polar surface area (TPSA) is 58.4 Å². The van der Waals surface area contributed by atoms with E-state index in [2.05, 4.69) is 10.3 Å². The fraction of sp³-hybridized carbons (Fsp3) is 0.286. The van der Waals surface area contributed by atoms with E-state index in [1.807, 2.05) is 37.4 Å². The number of carbonyl (C=O) groups is 1. The molecule has 0 saturated carbocycles. The number of rotatable bonds is 5. The van der Waals surface area contributed by atoms with Crippen molar-refractivity contribution in [1.82, 2.24) is 15.2 Å². The summed E-state index contributed by atoms with van der Waals surface area (Å²) >= 11 is 0. The molecule has 0 bridgehead atoms. The maximum Gasteiger partial charge on any atom is 0.275 e. The molecule has 100 valence electrons. The minimum atomic E-state index is -0.138. The first kappa shape index (κ1) is 13.3. The monoisotopic (exact) mass is 259 g/mol. The molecule has 0 aliphatic heterocycles. The molecule has 1 amide bonds. The van der Waals surface area contributed by atoms with Crippen molar-refractivity contribution in [2.45, 2.75) is 0 Å². The number of amides is 1. The van der Waals surface area contributed by atoms with Gasteiger partial charge in [-0.2, -0.15) is 0 Å². The van der Waals surface area contributed by atoms with E-state index in [0.717, 1.165) is 12.1 Å². The molecule has 0 atom stereocenters. The second-order valence-electron chi connectivity index (χ2n) is 4.23. The number of nitrogens with one attached hydrogen (secondary N) is 1. The first-order valence-corrected chi connectivity index (χ1v) is 6.13. The molecule has 1 N–H and O–H groups in total. The molecule has 1 heterocycles. The molecule has 5 heteroatoms. The number of hydrogen-bond acceptors (Lipinski definition) is 4. The zero-order valence-corrected chi connectivity index (χ0v) is 11.1. The predicted octanol–water partition coefficient (Wildman–Crippen LogP) is 1.63. The third kappa shape index (κ3) is 3.20. The minimum Gasteiger partial charge on any atom is -0.444 e. The van der Waals surface area contributed by atoms with Gasteiger partial charge in [0.25, 0.3) is 5.91 Å². The molecule has 0 radical (unpaired) electrons. The van der Waals surface area contributed by atoms with Crippen LogP contribution in [0.4, 0.5) is 0 Å². The molecule has 2 aromatic rings. The minimum absolute atomic E-state index is 0.138. The summed E-state index contributed by atoms with van der Waals surface area (Å²) in [6.45, 7) is 1.37. The molecule has 0 unspecified atom stereocenters. The maximum absolute atomic E-state index is 12.1. The Kier molecular flexibility index (Phi) is 4.30. The van der Waals surface area contributed by atoms with Crippen molar-refractivity contribution in [3.05, 3.63) is 42.3 Å². The SMILES string of the molecule is CNCCN(C)C(=O)c1coc(-c2ccccc2)n1. The van der Waals surface area contributed by atoms with Crippen molar-refractivity contribution >= 4 is 5.91 Å². The lowest BCUT2D eigenvalue weighted by Crippen LogP contribution is -2.32. The molecule has 0 aliphatic rings. The van der Waals surface area contributed by atoms with Crippen LogP contribution in [0.5, 0.6) is 0 Å². The quantitative estimate of drug-likeness (QED) is 0.886. The van der Waals surface area contributed by atoms with E-state index in [9.17, 15) is 4.79 Å². The van der Waals surface area contributed by atoms with Gasteiger partial charge in [-0.25, -0.2) is 4.98 Å². The van der Waals surface area contributed by atoms with Crippen LogP contribution in [0.25, 0.3) is 11.5 Å². The van der Waals surface area contributed by atoms with Gasteiger partial charge in [0.2, 0.25) is 5.89 Å². The van der Waals surface area contributed by atoms with Gasteiger partial charge in [0.05, 0.1) is 0 Å². The summed E-state index contributed by atoms with van der Waals surface area (Å²) in [6.07, 6.45) is 1.40. The van der Waals surface area contributed by atoms with Gasteiger partial charge in [-0.05, 0) is 19.2 Å². The van der Waals surface area contributed by atoms with Crippen LogP contribution in [0, 0.1) is 0 Å². The molecule has 19 heavy (non-hydrogen) atoms. The number of aromatic nitrogens is 1. The fourth-order valence-electron chi connectivity index (χ4n) is 1.66. The molecule has 5 nitrogen and oxygen atoms in total. The standard InChI is InChI=1S/C14H17N3O2/c1-15-8-9-17(2)14(18)12-10-19-13(16-12)11-6-4-3-5-7-11/h3-7,10,15H,8-9H2,1-2H3. The van der Waals surface area contributed by atoms with Crippen molar-refractivity contribution in [3.63, 3.8) is 0 Å². The molecule has 0 fully saturated rings. The Balaban J connectivity index is 2.11. The van der Waals surface area contributed by atoms with E-state index in [0.29, 0.717) is 18.1 Å². The lowest BCUT2D eigenvalue weighted by atomic mass is 10.2. The highest BCUT2D eigenvalue weighted by Crippen LogP contribution is 2.18. The van der Waals surface area contributed by atoms with Crippen LogP contribution >= 0.6 is 0 Å². The van der Waals surface area contributed by atoms with Gasteiger partial charge in [-0.3, -0.25) is 4.79 Å². The number of benzene rings is 1. The van der Waals surface area contributed by atoms with Crippen molar-refractivity contribution in [2.24, 2.45) is 0 Å². The second-order valence-corrected chi connectivity index (χ2v) is 4.23. The number of oxazole rings is 1. The molecule has 0 aliphatic carbocycles. The number of hydrogen-bond donors (Lipinski definition) is 1. The smallest absolute Gasteiger partial charge is 0.275 e. The molecular weight excluding hydrogens is 242 g/mol. The summed E-state index contributed by atoms with van der Waals surface area (Å²) in [5, 5.41) is 3.00. The van der Waals surface area contributed by atoms with E-state index in [4.69, 9.17) is 4.42 Å². The number of carbonyl (C=O) groups excluding carboxylic acids is 1. The molecule has 0 spiro atoms. The van der Waals surface area contributed by atoms with Crippen molar-refractivity contribution in [3.8, 4) is 11.5 Å². The van der Waals surface area contributed by atoms with Gasteiger partial charge in [0, 0.05) is 25.7 Å². The summed E-state index contributed by atoms with van der Waals surface area (Å²) < 4.78 is 5.35. The number of likely N-dealkylation sites (N-methyl/N-ethyl adjacent to an activating group) is 2. The van der Waals surface area contributed by atoms with Crippen LogP contribution in [0.2, 0.25) is 0 Å². The van der Waals surface area contributed by atoms with E-state index < -0.39 is 0 Å². The van der Waals surface area contributed by atoms with Gasteiger partial charge in [-0.1, -0.05) is 18.2 Å². The summed E-state index contributed by atoms with van der Waals surface area (Å²) in [5.41, 5.74) is 1.19. The van der Waals surface area contributed by atoms with Crippen molar-refractivity contribution in [1.29, 1.82) is 0 Å². The van der Waals surface area contributed by atoms with Crippen LogP contribution in [0.15, 0.2) is 41.0 Å². The Morgan fingerprint density at radius 3 is 2.79 bits per heavy atom. The summed E-state index contributed by atoms with van der Waals surface area (Å²) in [7, 11) is 3.60. The van der Waals surface area contributed by atoms with Crippen LogP contribution in [0.3, 0.4) is 0 Å². The Labute approximate surface area is 112 Å². The first-order chi connectivity index (χ1) is 9.22. The van der Waals surface area contributed by atoms with E-state index in [-0.39, 0.29) is 5.91 Å². The highest BCUT2D eigenvalue weighted by Gasteiger charge is 2.16. The largest absolute Gasteiger partial charge is 0.444 e. The Morgan fingerprint density at radius 1 is 1.37 bits per heavy atom. The molecule has 1 aromatic heterocycles. The Morgan fingerprint density at radius 2 is 2.11 bits per heavy atom. The maximum atomic E-state index is 12.1. The average Bonchev–Trinajstić information content (AvgIpc) is 2.94.